The molecule has 0 aliphatic rings. The van der Waals surface area contributed by atoms with Crippen molar-refractivity contribution in [1.82, 2.24) is 4.37 Å². The van der Waals surface area contributed by atoms with Gasteiger partial charge in [-0.15, -0.1) is 23.1 Å². The van der Waals surface area contributed by atoms with Crippen molar-refractivity contribution >= 4 is 44.0 Å². The Morgan fingerprint density at radius 1 is 1.64 bits per heavy atom. The predicted molar refractivity (Wildman–Crippen MR) is 50.9 cm³/mol. The Labute approximate surface area is 76.0 Å². The molecule has 0 fully saturated rings. The Morgan fingerprint density at radius 2 is 2.45 bits per heavy atom. The highest BCUT2D eigenvalue weighted by molar-refractivity contribution is 7.98. The van der Waals surface area contributed by atoms with E-state index in [2.05, 4.69) is 4.37 Å². The minimum atomic E-state index is 0.364. The predicted octanol–water partition coefficient (Wildman–Crippen LogP) is 2.79. The average Bonchev–Trinajstić information content (AvgIpc) is 2.54. The van der Waals surface area contributed by atoms with Gasteiger partial charge < -0.3 is 5.11 Å². The summed E-state index contributed by atoms with van der Waals surface area (Å²) in [5.41, 5.74) is 0. The van der Waals surface area contributed by atoms with E-state index in [1.165, 1.54) is 11.5 Å². The van der Waals surface area contributed by atoms with Crippen LogP contribution in [-0.4, -0.2) is 15.7 Å². The summed E-state index contributed by atoms with van der Waals surface area (Å²) in [4.78, 5) is 0. The molecule has 1 N–H and O–H groups in total. The Morgan fingerprint density at radius 3 is 3.18 bits per heavy atom. The van der Waals surface area contributed by atoms with Crippen molar-refractivity contribution in [2.75, 3.05) is 6.26 Å². The van der Waals surface area contributed by atoms with Gasteiger partial charge >= 0.3 is 0 Å². The lowest BCUT2D eigenvalue weighted by Crippen LogP contribution is -1.65. The first-order valence-corrected chi connectivity index (χ1v) is 5.80. The number of thiophene rings is 1. The zero-order valence-electron chi connectivity index (χ0n) is 5.70. The van der Waals surface area contributed by atoms with Crippen molar-refractivity contribution in [3.63, 3.8) is 0 Å². The Balaban J connectivity index is 2.80. The molecular formula is C6H5NOS3. The second-order valence-electron chi connectivity index (χ2n) is 1.98. The molecule has 2 rings (SSSR count). The highest BCUT2D eigenvalue weighted by atomic mass is 32.2. The summed E-state index contributed by atoms with van der Waals surface area (Å²) in [5, 5.41) is 13.0. The normalized spacial score (nSPS) is 11.0. The lowest BCUT2D eigenvalue weighted by atomic mass is 10.4. The molecule has 2 nitrogen and oxygen atoms in total. The first kappa shape index (κ1) is 7.39. The zero-order valence-corrected chi connectivity index (χ0v) is 8.15. The molecule has 0 radical (unpaired) electrons. The molecule has 5 heteroatoms. The largest absolute Gasteiger partial charge is 0.506 e. The first-order valence-electron chi connectivity index (χ1n) is 2.92. The maximum Gasteiger partial charge on any atom is 0.137 e. The fraction of sp³-hybridized carbons (Fsp3) is 0.167. The van der Waals surface area contributed by atoms with Crippen LogP contribution in [0.5, 0.6) is 5.75 Å². The minimum absolute atomic E-state index is 0.364. The van der Waals surface area contributed by atoms with E-state index in [0.717, 1.165) is 14.4 Å². The topological polar surface area (TPSA) is 33.1 Å². The van der Waals surface area contributed by atoms with Gasteiger partial charge in [-0.2, -0.15) is 4.37 Å². The Bertz CT molecular complexity index is 378. The lowest BCUT2D eigenvalue weighted by molar-refractivity contribution is 0.483. The summed E-state index contributed by atoms with van der Waals surface area (Å²) in [5.74, 6) is 0.364. The smallest absolute Gasteiger partial charge is 0.137 e. The maximum absolute atomic E-state index is 9.38. The van der Waals surface area contributed by atoms with Gasteiger partial charge in [-0.1, -0.05) is 0 Å². The third kappa shape index (κ3) is 1.04. The second kappa shape index (κ2) is 2.66. The molecule has 2 heterocycles. The molecule has 0 spiro atoms. The van der Waals surface area contributed by atoms with Crippen molar-refractivity contribution in [3.8, 4) is 5.75 Å². The van der Waals surface area contributed by atoms with Crippen LogP contribution in [0.1, 0.15) is 0 Å². The first-order chi connectivity index (χ1) is 5.33. The zero-order chi connectivity index (χ0) is 7.84. The van der Waals surface area contributed by atoms with Crippen LogP contribution in [0.15, 0.2) is 10.4 Å². The van der Waals surface area contributed by atoms with E-state index in [4.69, 9.17) is 0 Å². The Kier molecular flexibility index (Phi) is 1.78. The van der Waals surface area contributed by atoms with Crippen LogP contribution in [0.3, 0.4) is 0 Å². The summed E-state index contributed by atoms with van der Waals surface area (Å²) in [6.07, 6.45) is 1.96. The highest BCUT2D eigenvalue weighted by Crippen LogP contribution is 2.39. The number of aromatic nitrogens is 1. The fourth-order valence-corrected chi connectivity index (χ4v) is 3.45. The van der Waals surface area contributed by atoms with Crippen molar-refractivity contribution in [2.45, 2.75) is 5.03 Å². The van der Waals surface area contributed by atoms with Gasteiger partial charge in [-0.25, -0.2) is 0 Å². The average molecular weight is 203 g/mol. The van der Waals surface area contributed by atoms with E-state index in [9.17, 15) is 5.11 Å². The van der Waals surface area contributed by atoms with Gasteiger partial charge in [0.2, 0.25) is 0 Å². The van der Waals surface area contributed by atoms with Gasteiger partial charge in [-0.05, 0) is 17.8 Å². The summed E-state index contributed by atoms with van der Waals surface area (Å²) in [6, 6.07) is 0. The number of fused-ring (bicyclic) bond motifs is 1. The van der Waals surface area contributed by atoms with Crippen molar-refractivity contribution in [3.05, 3.63) is 5.38 Å². The number of thioether (sulfide) groups is 1. The van der Waals surface area contributed by atoms with Gasteiger partial charge in [0.1, 0.15) is 14.8 Å². The number of rotatable bonds is 1. The second-order valence-corrected chi connectivity index (χ2v) is 4.68. The van der Waals surface area contributed by atoms with E-state index < -0.39 is 0 Å². The number of hydrogen-bond acceptors (Lipinski definition) is 5. The van der Waals surface area contributed by atoms with E-state index >= 15 is 0 Å². The molecule has 0 aliphatic heterocycles. The van der Waals surface area contributed by atoms with Crippen LogP contribution in [0.4, 0.5) is 0 Å². The molecule has 0 saturated carbocycles. The van der Waals surface area contributed by atoms with Gasteiger partial charge in [0, 0.05) is 5.38 Å². The van der Waals surface area contributed by atoms with Crippen molar-refractivity contribution in [1.29, 1.82) is 0 Å². The highest BCUT2D eigenvalue weighted by Gasteiger charge is 2.10. The van der Waals surface area contributed by atoms with Crippen LogP contribution in [-0.2, 0) is 0 Å². The number of nitrogens with zero attached hydrogens (tertiary/aromatic N) is 1. The molecule has 0 amide bonds. The van der Waals surface area contributed by atoms with Crippen LogP contribution in [0.2, 0.25) is 0 Å². The molecule has 11 heavy (non-hydrogen) atoms. The summed E-state index contributed by atoms with van der Waals surface area (Å²) in [7, 11) is 0. The molecule has 2 aromatic rings. The van der Waals surface area contributed by atoms with E-state index in [1.807, 2.05) is 6.26 Å². The SMILES string of the molecule is CSc1nsc2scc(O)c12. The van der Waals surface area contributed by atoms with E-state index in [-0.39, 0.29) is 0 Å². The van der Waals surface area contributed by atoms with Crippen molar-refractivity contribution < 1.29 is 5.11 Å². The molecule has 0 aromatic carbocycles. The quantitative estimate of drug-likeness (QED) is 0.723. The van der Waals surface area contributed by atoms with Crippen LogP contribution in [0, 0.1) is 0 Å². The molecule has 0 saturated heterocycles. The monoisotopic (exact) mass is 203 g/mol. The van der Waals surface area contributed by atoms with E-state index in [1.54, 1.807) is 28.5 Å². The summed E-state index contributed by atoms with van der Waals surface area (Å²) < 4.78 is 5.29. The third-order valence-corrected chi connectivity index (χ3v) is 4.07. The minimum Gasteiger partial charge on any atom is -0.506 e. The third-order valence-electron chi connectivity index (χ3n) is 1.36. The molecule has 0 unspecified atom stereocenters. The van der Waals surface area contributed by atoms with Gasteiger partial charge in [0.15, 0.2) is 0 Å². The molecular weight excluding hydrogens is 198 g/mol. The van der Waals surface area contributed by atoms with Crippen LogP contribution >= 0.6 is 34.6 Å². The fourth-order valence-electron chi connectivity index (χ4n) is 0.864. The Hall–Kier alpha value is -0.260. The van der Waals surface area contributed by atoms with E-state index in [0.29, 0.717) is 5.75 Å². The molecule has 0 aliphatic carbocycles. The maximum atomic E-state index is 9.38. The van der Waals surface area contributed by atoms with Crippen LogP contribution in [0.25, 0.3) is 9.40 Å². The van der Waals surface area contributed by atoms with Gasteiger partial charge in [-0.3, -0.25) is 0 Å². The lowest BCUT2D eigenvalue weighted by Gasteiger charge is -1.86. The van der Waals surface area contributed by atoms with Crippen molar-refractivity contribution in [2.24, 2.45) is 0 Å². The summed E-state index contributed by atoms with van der Waals surface area (Å²) >= 11 is 4.56. The molecule has 0 atom stereocenters. The van der Waals surface area contributed by atoms with Gasteiger partial charge in [0.25, 0.3) is 0 Å². The standard InChI is InChI=1S/C6H5NOS3/c1-9-5-4-3(8)2-10-6(4)11-7-5/h2,8H,1H3. The number of hydrogen-bond donors (Lipinski definition) is 1. The molecule has 2 aromatic heterocycles. The summed E-state index contributed by atoms with van der Waals surface area (Å²) in [6.45, 7) is 0. The van der Waals surface area contributed by atoms with Crippen LogP contribution < -0.4 is 0 Å². The number of aromatic hydroxyl groups is 1. The molecule has 0 bridgehead atoms. The molecule has 58 valence electrons. The van der Waals surface area contributed by atoms with Gasteiger partial charge in [0.05, 0.1) is 5.39 Å².